The minimum absolute atomic E-state index is 0.129. The van der Waals surface area contributed by atoms with Crippen molar-refractivity contribution in [2.24, 2.45) is 7.05 Å². The van der Waals surface area contributed by atoms with Crippen molar-refractivity contribution in [1.82, 2.24) is 29.3 Å². The Kier molecular flexibility index (Phi) is 3.84. The first-order chi connectivity index (χ1) is 12.0. The third-order valence-corrected chi connectivity index (χ3v) is 5.00. The van der Waals surface area contributed by atoms with Crippen LogP contribution < -0.4 is 5.32 Å². The number of hydrogen-bond acceptors (Lipinski definition) is 5. The summed E-state index contributed by atoms with van der Waals surface area (Å²) in [5, 5.41) is 12.5. The van der Waals surface area contributed by atoms with Crippen molar-refractivity contribution in [2.45, 2.75) is 19.4 Å². The molecule has 0 aliphatic carbocycles. The number of halogens is 1. The lowest BCUT2D eigenvalue weighted by atomic mass is 10.2. The maximum Gasteiger partial charge on any atom is 0.275 e. The number of nitrogens with one attached hydrogen (secondary N) is 1. The molecular weight excluding hydrogens is 342 g/mol. The predicted molar refractivity (Wildman–Crippen MR) is 93.9 cm³/mol. The van der Waals surface area contributed by atoms with Crippen LogP contribution >= 0.6 is 11.6 Å². The summed E-state index contributed by atoms with van der Waals surface area (Å²) in [4.78, 5) is 18.6. The van der Waals surface area contributed by atoms with Crippen LogP contribution in [0.4, 0.5) is 5.82 Å². The maximum absolute atomic E-state index is 12.7. The van der Waals surface area contributed by atoms with Gasteiger partial charge in [-0.05, 0) is 25.5 Å². The minimum Gasteiger partial charge on any atom is -0.364 e. The SMILES string of the molecule is Cc1c(Cl)c(C(=O)N2CCC(Nc3ccc4nccn4n3)C2)nn1C. The average Bonchev–Trinajstić information content (AvgIpc) is 3.31. The second-order valence-electron chi connectivity index (χ2n) is 6.20. The molecule has 0 saturated carbocycles. The third kappa shape index (κ3) is 2.82. The molecule has 1 aliphatic rings. The number of hydrogen-bond donors (Lipinski definition) is 1. The zero-order chi connectivity index (χ0) is 17.6. The summed E-state index contributed by atoms with van der Waals surface area (Å²) in [6, 6.07) is 3.94. The molecule has 1 N–H and O–H groups in total. The van der Waals surface area contributed by atoms with Gasteiger partial charge in [-0.25, -0.2) is 9.50 Å². The summed E-state index contributed by atoms with van der Waals surface area (Å²) in [6.45, 7) is 3.10. The number of imidazole rings is 1. The number of fused-ring (bicyclic) bond motifs is 1. The Morgan fingerprint density at radius 2 is 2.20 bits per heavy atom. The molecule has 1 amide bonds. The van der Waals surface area contributed by atoms with Crippen LogP contribution in [0.25, 0.3) is 5.65 Å². The van der Waals surface area contributed by atoms with Crippen LogP contribution in [0.3, 0.4) is 0 Å². The number of anilines is 1. The highest BCUT2D eigenvalue weighted by molar-refractivity contribution is 6.34. The summed E-state index contributed by atoms with van der Waals surface area (Å²) >= 11 is 6.23. The molecule has 1 unspecified atom stereocenters. The minimum atomic E-state index is -0.129. The van der Waals surface area contributed by atoms with E-state index in [-0.39, 0.29) is 11.9 Å². The van der Waals surface area contributed by atoms with Gasteiger partial charge in [-0.3, -0.25) is 9.48 Å². The number of carbonyl (C=O) groups is 1. The lowest BCUT2D eigenvalue weighted by Gasteiger charge is -2.16. The Hall–Kier alpha value is -2.61. The maximum atomic E-state index is 12.7. The average molecular weight is 360 g/mol. The van der Waals surface area contributed by atoms with Gasteiger partial charge in [-0.15, -0.1) is 5.10 Å². The van der Waals surface area contributed by atoms with Crippen molar-refractivity contribution in [3.8, 4) is 0 Å². The quantitative estimate of drug-likeness (QED) is 0.770. The lowest BCUT2D eigenvalue weighted by Crippen LogP contribution is -2.32. The molecule has 0 bridgehead atoms. The highest BCUT2D eigenvalue weighted by Gasteiger charge is 2.30. The normalized spacial score (nSPS) is 17.4. The van der Waals surface area contributed by atoms with Crippen LogP contribution in [-0.4, -0.2) is 54.3 Å². The molecule has 3 aromatic rings. The van der Waals surface area contributed by atoms with E-state index < -0.39 is 0 Å². The first-order valence-corrected chi connectivity index (χ1v) is 8.46. The Morgan fingerprint density at radius 1 is 1.36 bits per heavy atom. The van der Waals surface area contributed by atoms with Crippen LogP contribution in [-0.2, 0) is 7.05 Å². The van der Waals surface area contributed by atoms with Gasteiger partial charge in [-0.2, -0.15) is 5.10 Å². The van der Waals surface area contributed by atoms with Crippen molar-refractivity contribution in [3.05, 3.63) is 40.9 Å². The molecule has 0 spiro atoms. The molecular formula is C16H18ClN7O. The van der Waals surface area contributed by atoms with Crippen molar-refractivity contribution < 1.29 is 4.79 Å². The summed E-state index contributed by atoms with van der Waals surface area (Å²) < 4.78 is 3.35. The molecule has 4 heterocycles. The fourth-order valence-corrected chi connectivity index (χ4v) is 3.27. The van der Waals surface area contributed by atoms with Crippen LogP contribution in [0.1, 0.15) is 22.6 Å². The molecule has 4 rings (SSSR count). The van der Waals surface area contributed by atoms with Crippen molar-refractivity contribution in [2.75, 3.05) is 18.4 Å². The number of aromatic nitrogens is 5. The summed E-state index contributed by atoms with van der Waals surface area (Å²) in [6.07, 6.45) is 4.36. The summed E-state index contributed by atoms with van der Waals surface area (Å²) in [5.41, 5.74) is 1.91. The molecule has 0 radical (unpaired) electrons. The Morgan fingerprint density at radius 3 is 2.96 bits per heavy atom. The van der Waals surface area contributed by atoms with Gasteiger partial charge in [-0.1, -0.05) is 11.6 Å². The smallest absolute Gasteiger partial charge is 0.275 e. The monoisotopic (exact) mass is 359 g/mol. The Labute approximate surface area is 149 Å². The number of carbonyl (C=O) groups excluding carboxylic acids is 1. The predicted octanol–water partition coefficient (Wildman–Crippen LogP) is 1.75. The number of likely N-dealkylation sites (tertiary alicyclic amines) is 1. The van der Waals surface area contributed by atoms with Gasteiger partial charge in [0.25, 0.3) is 5.91 Å². The first-order valence-electron chi connectivity index (χ1n) is 8.08. The van der Waals surface area contributed by atoms with E-state index in [1.54, 1.807) is 33.5 Å². The third-order valence-electron chi connectivity index (χ3n) is 4.55. The zero-order valence-electron chi connectivity index (χ0n) is 14.0. The number of amides is 1. The molecule has 1 fully saturated rings. The van der Waals surface area contributed by atoms with Gasteiger partial charge in [0.15, 0.2) is 11.3 Å². The van der Waals surface area contributed by atoms with E-state index in [1.165, 1.54) is 0 Å². The number of aryl methyl sites for hydroxylation is 1. The van der Waals surface area contributed by atoms with E-state index in [2.05, 4.69) is 20.5 Å². The first kappa shape index (κ1) is 15.9. The zero-order valence-corrected chi connectivity index (χ0v) is 14.7. The van der Waals surface area contributed by atoms with Gasteiger partial charge >= 0.3 is 0 Å². The van der Waals surface area contributed by atoms with Crippen LogP contribution in [0.5, 0.6) is 0 Å². The lowest BCUT2D eigenvalue weighted by molar-refractivity contribution is 0.0785. The van der Waals surface area contributed by atoms with E-state index in [0.717, 1.165) is 23.6 Å². The molecule has 130 valence electrons. The van der Waals surface area contributed by atoms with E-state index >= 15 is 0 Å². The van der Waals surface area contributed by atoms with Crippen LogP contribution in [0.2, 0.25) is 5.02 Å². The molecule has 25 heavy (non-hydrogen) atoms. The van der Waals surface area contributed by atoms with Crippen molar-refractivity contribution in [3.63, 3.8) is 0 Å². The molecule has 1 atom stereocenters. The molecule has 1 aliphatic heterocycles. The van der Waals surface area contributed by atoms with Crippen molar-refractivity contribution >= 4 is 29.0 Å². The van der Waals surface area contributed by atoms with Crippen LogP contribution in [0, 0.1) is 6.92 Å². The molecule has 0 aromatic carbocycles. The van der Waals surface area contributed by atoms with Gasteiger partial charge in [0.1, 0.15) is 5.82 Å². The molecule has 3 aromatic heterocycles. The summed E-state index contributed by atoms with van der Waals surface area (Å²) in [7, 11) is 1.78. The highest BCUT2D eigenvalue weighted by Crippen LogP contribution is 2.23. The molecule has 1 saturated heterocycles. The Balaban J connectivity index is 1.45. The highest BCUT2D eigenvalue weighted by atomic mass is 35.5. The topological polar surface area (TPSA) is 80.3 Å². The van der Waals surface area contributed by atoms with Gasteiger partial charge in [0.05, 0.1) is 10.7 Å². The fraction of sp³-hybridized carbons (Fsp3) is 0.375. The van der Waals surface area contributed by atoms with E-state index in [0.29, 0.717) is 23.8 Å². The standard InChI is InChI=1S/C16H18ClN7O/c1-10-14(17)15(21-22(10)2)16(25)23-7-5-11(9-23)19-12-3-4-13-18-6-8-24(13)20-12/h3-4,6,8,11H,5,7,9H2,1-2H3,(H,19,20). The van der Waals surface area contributed by atoms with Crippen LogP contribution in [0.15, 0.2) is 24.5 Å². The largest absolute Gasteiger partial charge is 0.364 e. The van der Waals surface area contributed by atoms with Gasteiger partial charge in [0.2, 0.25) is 0 Å². The molecule has 8 nitrogen and oxygen atoms in total. The summed E-state index contributed by atoms with van der Waals surface area (Å²) in [5.74, 6) is 0.632. The second kappa shape index (κ2) is 6.03. The number of nitrogens with zero attached hydrogens (tertiary/aromatic N) is 6. The van der Waals surface area contributed by atoms with E-state index in [4.69, 9.17) is 11.6 Å². The molecule has 9 heteroatoms. The fourth-order valence-electron chi connectivity index (χ4n) is 3.03. The number of rotatable bonds is 3. The van der Waals surface area contributed by atoms with E-state index in [9.17, 15) is 4.79 Å². The van der Waals surface area contributed by atoms with Gasteiger partial charge in [0, 0.05) is 38.6 Å². The van der Waals surface area contributed by atoms with E-state index in [1.807, 2.05) is 19.1 Å². The van der Waals surface area contributed by atoms with Gasteiger partial charge < -0.3 is 10.2 Å². The van der Waals surface area contributed by atoms with Crippen molar-refractivity contribution in [1.29, 1.82) is 0 Å². The Bertz CT molecular complexity index is 947. The second-order valence-corrected chi connectivity index (χ2v) is 6.58.